The molecule has 0 spiro atoms. The Morgan fingerprint density at radius 2 is 1.76 bits per heavy atom. The van der Waals surface area contributed by atoms with E-state index in [0.717, 1.165) is 33.6 Å². The number of carboxylic acid groups (broad SMARTS) is 1. The Kier molecular flexibility index (Phi) is 5.86. The lowest BCUT2D eigenvalue weighted by molar-refractivity contribution is -0.116. The van der Waals surface area contributed by atoms with Crippen molar-refractivity contribution in [2.24, 2.45) is 0 Å². The van der Waals surface area contributed by atoms with E-state index in [4.69, 9.17) is 0 Å². The molecule has 0 aliphatic carbocycles. The predicted molar refractivity (Wildman–Crippen MR) is 130 cm³/mol. The smallest absolute Gasteiger partial charge is 0.337 e. The first-order chi connectivity index (χ1) is 15.7. The van der Waals surface area contributed by atoms with Crippen LogP contribution in [0.15, 0.2) is 46.6 Å². The summed E-state index contributed by atoms with van der Waals surface area (Å²) in [6.45, 7) is 7.44. The molecule has 2 N–H and O–H groups in total. The Hall–Kier alpha value is -3.78. The molecular formula is C25H23N3O4S. The molecule has 2 aromatic heterocycles. The van der Waals surface area contributed by atoms with Gasteiger partial charge in [0, 0.05) is 16.6 Å². The number of hydrogen-bond donors (Lipinski definition) is 2. The monoisotopic (exact) mass is 461 g/mol. The molecule has 0 radical (unpaired) electrons. The Morgan fingerprint density at radius 1 is 1.06 bits per heavy atom. The lowest BCUT2D eigenvalue weighted by Gasteiger charge is -2.16. The minimum Gasteiger partial charge on any atom is -0.478 e. The number of anilines is 1. The number of hydrogen-bond acceptors (Lipinski definition) is 5. The van der Waals surface area contributed by atoms with Crippen molar-refractivity contribution < 1.29 is 14.7 Å². The van der Waals surface area contributed by atoms with Crippen molar-refractivity contribution >= 4 is 39.1 Å². The van der Waals surface area contributed by atoms with Gasteiger partial charge in [-0.1, -0.05) is 41.5 Å². The van der Waals surface area contributed by atoms with E-state index in [-0.39, 0.29) is 17.5 Å². The fourth-order valence-corrected chi connectivity index (χ4v) is 4.94. The van der Waals surface area contributed by atoms with Gasteiger partial charge < -0.3 is 10.4 Å². The average Bonchev–Trinajstić information content (AvgIpc) is 3.17. The molecule has 0 aliphatic heterocycles. The normalized spacial score (nSPS) is 11.0. The zero-order valence-corrected chi connectivity index (χ0v) is 19.5. The van der Waals surface area contributed by atoms with Crippen LogP contribution in [0.1, 0.15) is 32.6 Å². The van der Waals surface area contributed by atoms with Crippen LogP contribution in [0.5, 0.6) is 0 Å². The van der Waals surface area contributed by atoms with Crippen LogP contribution in [-0.2, 0) is 11.3 Å². The van der Waals surface area contributed by atoms with E-state index < -0.39 is 17.4 Å². The highest BCUT2D eigenvalue weighted by Gasteiger charge is 2.22. The maximum absolute atomic E-state index is 13.4. The number of fused-ring (bicyclic) bond motifs is 1. The molecule has 1 amide bonds. The molecule has 33 heavy (non-hydrogen) atoms. The molecule has 4 aromatic rings. The first kappa shape index (κ1) is 22.4. The van der Waals surface area contributed by atoms with Gasteiger partial charge in [0.2, 0.25) is 5.91 Å². The summed E-state index contributed by atoms with van der Waals surface area (Å²) in [5.74, 6) is -1.28. The number of aromatic carboxylic acids is 1. The minimum absolute atomic E-state index is 0.0133. The Morgan fingerprint density at radius 3 is 2.39 bits per heavy atom. The van der Waals surface area contributed by atoms with Crippen molar-refractivity contribution in [1.82, 2.24) is 9.55 Å². The van der Waals surface area contributed by atoms with Gasteiger partial charge in [0.1, 0.15) is 17.2 Å². The first-order valence-corrected chi connectivity index (χ1v) is 11.2. The second-order valence-electron chi connectivity index (χ2n) is 8.15. The summed E-state index contributed by atoms with van der Waals surface area (Å²) in [5, 5.41) is 13.9. The van der Waals surface area contributed by atoms with Crippen LogP contribution in [-0.4, -0.2) is 26.5 Å². The van der Waals surface area contributed by atoms with Crippen LogP contribution in [0.4, 0.5) is 5.69 Å². The fraction of sp³-hybridized carbons (Fsp3) is 0.200. The molecule has 0 saturated heterocycles. The Bertz CT molecular complexity index is 1460. The van der Waals surface area contributed by atoms with Crippen molar-refractivity contribution in [2.45, 2.75) is 34.2 Å². The van der Waals surface area contributed by atoms with E-state index in [2.05, 4.69) is 10.3 Å². The molecule has 0 unspecified atom stereocenters. The zero-order valence-electron chi connectivity index (χ0n) is 18.7. The SMILES string of the molecule is Cc1cccc(-c2nc3scc(C(=O)O)c3c(=O)n2CC(=O)Nc2c(C)cc(C)cc2C)c1. The quantitative estimate of drug-likeness (QED) is 0.449. The highest BCUT2D eigenvalue weighted by molar-refractivity contribution is 7.17. The van der Waals surface area contributed by atoms with Gasteiger partial charge in [-0.25, -0.2) is 9.78 Å². The molecule has 2 aromatic carbocycles. The summed E-state index contributed by atoms with van der Waals surface area (Å²) in [6, 6.07) is 11.4. The number of nitrogens with zero attached hydrogens (tertiary/aromatic N) is 2. The summed E-state index contributed by atoms with van der Waals surface area (Å²) < 4.78 is 1.25. The number of aromatic nitrogens is 2. The zero-order chi connectivity index (χ0) is 23.9. The van der Waals surface area contributed by atoms with Gasteiger partial charge in [-0.05, 0) is 44.9 Å². The maximum Gasteiger partial charge on any atom is 0.337 e. The summed E-state index contributed by atoms with van der Waals surface area (Å²) in [7, 11) is 0. The van der Waals surface area contributed by atoms with Crippen LogP contribution < -0.4 is 10.9 Å². The predicted octanol–water partition coefficient (Wildman–Crippen LogP) is 4.70. The third kappa shape index (κ3) is 4.29. The molecule has 168 valence electrons. The third-order valence-corrected chi connectivity index (χ3v) is 6.32. The van der Waals surface area contributed by atoms with Crippen LogP contribution in [0.3, 0.4) is 0 Å². The number of thiophene rings is 1. The van der Waals surface area contributed by atoms with E-state index >= 15 is 0 Å². The summed E-state index contributed by atoms with van der Waals surface area (Å²) in [6.07, 6.45) is 0. The van der Waals surface area contributed by atoms with Crippen molar-refractivity contribution in [1.29, 1.82) is 0 Å². The van der Waals surface area contributed by atoms with Crippen molar-refractivity contribution in [3.8, 4) is 11.4 Å². The molecule has 2 heterocycles. The van der Waals surface area contributed by atoms with Gasteiger partial charge in [0.05, 0.1) is 10.9 Å². The molecule has 4 rings (SSSR count). The molecule has 0 fully saturated rings. The van der Waals surface area contributed by atoms with E-state index in [1.165, 1.54) is 9.95 Å². The van der Waals surface area contributed by atoms with Gasteiger partial charge in [0.25, 0.3) is 5.56 Å². The highest BCUT2D eigenvalue weighted by Crippen LogP contribution is 2.26. The van der Waals surface area contributed by atoms with E-state index in [1.807, 2.05) is 64.1 Å². The number of carbonyl (C=O) groups is 2. The number of aryl methyl sites for hydroxylation is 4. The minimum atomic E-state index is -1.20. The van der Waals surface area contributed by atoms with Crippen LogP contribution in [0.2, 0.25) is 0 Å². The Balaban J connectivity index is 1.84. The average molecular weight is 462 g/mol. The molecule has 0 atom stereocenters. The largest absolute Gasteiger partial charge is 0.478 e. The summed E-state index contributed by atoms with van der Waals surface area (Å²) >= 11 is 1.10. The van der Waals surface area contributed by atoms with Gasteiger partial charge in [-0.15, -0.1) is 11.3 Å². The van der Waals surface area contributed by atoms with Crippen LogP contribution in [0, 0.1) is 27.7 Å². The molecule has 0 aliphatic rings. The Labute approximate surface area is 194 Å². The topological polar surface area (TPSA) is 101 Å². The number of benzene rings is 2. The van der Waals surface area contributed by atoms with Crippen LogP contribution >= 0.6 is 11.3 Å². The third-order valence-electron chi connectivity index (χ3n) is 5.44. The van der Waals surface area contributed by atoms with E-state index in [0.29, 0.717) is 21.9 Å². The van der Waals surface area contributed by atoms with E-state index in [1.54, 1.807) is 0 Å². The summed E-state index contributed by atoms with van der Waals surface area (Å²) in [5.41, 5.74) is 4.63. The fourth-order valence-electron chi connectivity index (χ4n) is 4.03. The second kappa shape index (κ2) is 8.63. The molecule has 0 bridgehead atoms. The number of rotatable bonds is 5. The van der Waals surface area contributed by atoms with Gasteiger partial charge in [-0.2, -0.15) is 0 Å². The highest BCUT2D eigenvalue weighted by atomic mass is 32.1. The number of nitrogens with one attached hydrogen (secondary N) is 1. The lowest BCUT2D eigenvalue weighted by atomic mass is 10.1. The van der Waals surface area contributed by atoms with Gasteiger partial charge in [-0.3, -0.25) is 14.2 Å². The standard InChI is InChI=1S/C25H23N3O4S/c1-13-6-5-7-17(10-13)22-27-23-20(18(12-33-23)25(31)32)24(30)28(22)11-19(29)26-21-15(3)8-14(2)9-16(21)4/h5-10,12H,11H2,1-4H3,(H,26,29)(H,31,32). The molecular weight excluding hydrogens is 438 g/mol. The van der Waals surface area contributed by atoms with Crippen molar-refractivity contribution in [2.75, 3.05) is 5.32 Å². The maximum atomic E-state index is 13.4. The molecule has 7 nitrogen and oxygen atoms in total. The van der Waals surface area contributed by atoms with Gasteiger partial charge >= 0.3 is 5.97 Å². The summed E-state index contributed by atoms with van der Waals surface area (Å²) in [4.78, 5) is 43.1. The number of carboxylic acids is 1. The van der Waals surface area contributed by atoms with Gasteiger partial charge in [0.15, 0.2) is 0 Å². The second-order valence-corrected chi connectivity index (χ2v) is 9.01. The van der Waals surface area contributed by atoms with E-state index in [9.17, 15) is 19.5 Å². The molecule has 0 saturated carbocycles. The van der Waals surface area contributed by atoms with Crippen molar-refractivity contribution in [3.05, 3.63) is 79.9 Å². The number of carbonyl (C=O) groups excluding carboxylic acids is 1. The first-order valence-electron chi connectivity index (χ1n) is 10.4. The lowest BCUT2D eigenvalue weighted by Crippen LogP contribution is -2.30. The van der Waals surface area contributed by atoms with Crippen LogP contribution in [0.25, 0.3) is 21.6 Å². The van der Waals surface area contributed by atoms with Crippen molar-refractivity contribution in [3.63, 3.8) is 0 Å². The molecule has 8 heteroatoms. The number of amides is 1.